The lowest BCUT2D eigenvalue weighted by molar-refractivity contribution is -0.115. The Morgan fingerprint density at radius 2 is 1.92 bits per heavy atom. The maximum atomic E-state index is 12.2. The van der Waals surface area contributed by atoms with E-state index in [0.29, 0.717) is 10.1 Å². The third-order valence-electron chi connectivity index (χ3n) is 3.67. The van der Waals surface area contributed by atoms with Gasteiger partial charge in [-0.1, -0.05) is 43.3 Å². The number of amides is 1. The molecule has 0 saturated carbocycles. The van der Waals surface area contributed by atoms with E-state index in [-0.39, 0.29) is 5.91 Å². The molecule has 1 saturated heterocycles. The Labute approximate surface area is 145 Å². The van der Waals surface area contributed by atoms with Crippen LogP contribution in [0.3, 0.4) is 0 Å². The first-order valence-corrected chi connectivity index (χ1v) is 8.53. The number of nitrogens with one attached hydrogen (secondary N) is 1. The molecular weight excluding hydrogens is 320 g/mol. The number of benzene rings is 2. The Morgan fingerprint density at radius 1 is 1.17 bits per heavy atom. The molecule has 1 aliphatic rings. The molecule has 0 aliphatic carbocycles. The van der Waals surface area contributed by atoms with Crippen LogP contribution < -0.4 is 10.1 Å². The zero-order chi connectivity index (χ0) is 16.9. The van der Waals surface area contributed by atoms with E-state index in [1.165, 1.54) is 11.8 Å². The number of carbonyl (C=O) groups excluding carboxylic acids is 1. The highest BCUT2D eigenvalue weighted by molar-refractivity contribution is 8.18. The maximum Gasteiger partial charge on any atom is 0.264 e. The van der Waals surface area contributed by atoms with Crippen molar-refractivity contribution in [3.8, 4) is 5.75 Å². The number of nitrogens with zero attached hydrogens (tertiary/aromatic N) is 1. The minimum atomic E-state index is -0.140. The number of thioether (sulfide) groups is 1. The Kier molecular flexibility index (Phi) is 5.01. The molecule has 0 aromatic heterocycles. The fourth-order valence-electron chi connectivity index (χ4n) is 2.44. The zero-order valence-electron chi connectivity index (χ0n) is 13.6. The van der Waals surface area contributed by atoms with Gasteiger partial charge in [-0.25, -0.2) is 4.99 Å². The number of para-hydroxylation sites is 2. The molecule has 2 aromatic carbocycles. The summed E-state index contributed by atoms with van der Waals surface area (Å²) in [6.45, 7) is 2.09. The van der Waals surface area contributed by atoms with Gasteiger partial charge >= 0.3 is 0 Å². The van der Waals surface area contributed by atoms with Crippen LogP contribution in [0.5, 0.6) is 5.75 Å². The summed E-state index contributed by atoms with van der Waals surface area (Å²) in [6, 6.07) is 15.6. The van der Waals surface area contributed by atoms with Crippen molar-refractivity contribution in [2.45, 2.75) is 13.3 Å². The lowest BCUT2D eigenvalue weighted by Crippen LogP contribution is -2.19. The van der Waals surface area contributed by atoms with Crippen LogP contribution in [0.25, 0.3) is 6.08 Å². The van der Waals surface area contributed by atoms with Crippen LogP contribution >= 0.6 is 11.8 Å². The van der Waals surface area contributed by atoms with Crippen molar-refractivity contribution >= 4 is 34.6 Å². The summed E-state index contributed by atoms with van der Waals surface area (Å²) in [5.41, 5.74) is 2.91. The van der Waals surface area contributed by atoms with Crippen LogP contribution in [-0.4, -0.2) is 18.2 Å². The second-order valence-corrected chi connectivity index (χ2v) is 6.24. The van der Waals surface area contributed by atoms with Crippen molar-refractivity contribution in [1.82, 2.24) is 5.32 Å². The van der Waals surface area contributed by atoms with E-state index in [4.69, 9.17) is 4.74 Å². The predicted molar refractivity (Wildman–Crippen MR) is 99.6 cm³/mol. The summed E-state index contributed by atoms with van der Waals surface area (Å²) >= 11 is 1.34. The minimum Gasteiger partial charge on any atom is -0.496 e. The van der Waals surface area contributed by atoms with E-state index >= 15 is 0 Å². The van der Waals surface area contributed by atoms with Crippen molar-refractivity contribution in [1.29, 1.82) is 0 Å². The van der Waals surface area contributed by atoms with E-state index in [2.05, 4.69) is 17.2 Å². The number of hydrogen-bond donors (Lipinski definition) is 1. The van der Waals surface area contributed by atoms with Gasteiger partial charge in [0.05, 0.1) is 17.7 Å². The van der Waals surface area contributed by atoms with Crippen LogP contribution in [0, 0.1) is 0 Å². The highest BCUT2D eigenvalue weighted by Crippen LogP contribution is 2.31. The molecule has 3 rings (SSSR count). The number of carbonyl (C=O) groups is 1. The second-order valence-electron chi connectivity index (χ2n) is 5.21. The van der Waals surface area contributed by atoms with Crippen LogP contribution in [0.4, 0.5) is 5.69 Å². The topological polar surface area (TPSA) is 50.7 Å². The average molecular weight is 338 g/mol. The van der Waals surface area contributed by atoms with Gasteiger partial charge in [0.1, 0.15) is 5.75 Å². The predicted octanol–water partition coefficient (Wildman–Crippen LogP) is 4.15. The molecule has 0 unspecified atom stereocenters. The lowest BCUT2D eigenvalue weighted by Gasteiger charge is -2.03. The Morgan fingerprint density at radius 3 is 2.71 bits per heavy atom. The van der Waals surface area contributed by atoms with Crippen molar-refractivity contribution < 1.29 is 9.53 Å². The van der Waals surface area contributed by atoms with Gasteiger partial charge in [0, 0.05) is 5.56 Å². The molecule has 0 spiro atoms. The molecule has 4 nitrogen and oxygen atoms in total. The molecule has 122 valence electrons. The molecule has 0 atom stereocenters. The zero-order valence-corrected chi connectivity index (χ0v) is 14.4. The second kappa shape index (κ2) is 7.36. The van der Waals surface area contributed by atoms with Crippen molar-refractivity contribution in [2.75, 3.05) is 7.11 Å². The monoisotopic (exact) mass is 338 g/mol. The first-order valence-electron chi connectivity index (χ1n) is 7.71. The Bertz CT molecular complexity index is 828. The van der Waals surface area contributed by atoms with E-state index in [0.717, 1.165) is 29.0 Å². The van der Waals surface area contributed by atoms with Crippen molar-refractivity contribution in [3.63, 3.8) is 0 Å². The highest BCUT2D eigenvalue weighted by atomic mass is 32.2. The van der Waals surface area contributed by atoms with Crippen molar-refractivity contribution in [3.05, 3.63) is 64.6 Å². The van der Waals surface area contributed by atoms with E-state index in [1.54, 1.807) is 7.11 Å². The number of ether oxygens (including phenoxy) is 1. The van der Waals surface area contributed by atoms with Gasteiger partial charge < -0.3 is 10.1 Å². The van der Waals surface area contributed by atoms with Gasteiger partial charge in [-0.3, -0.25) is 4.79 Å². The van der Waals surface area contributed by atoms with Crippen LogP contribution in [0.15, 0.2) is 58.4 Å². The van der Waals surface area contributed by atoms with Gasteiger partial charge in [0.25, 0.3) is 5.91 Å². The lowest BCUT2D eigenvalue weighted by atomic mass is 10.1. The number of hydrogen-bond acceptors (Lipinski definition) is 4. The fraction of sp³-hybridized carbons (Fsp3) is 0.158. The molecule has 1 N–H and O–H groups in total. The van der Waals surface area contributed by atoms with Crippen molar-refractivity contribution in [2.24, 2.45) is 4.99 Å². The summed E-state index contributed by atoms with van der Waals surface area (Å²) in [5, 5.41) is 3.43. The summed E-state index contributed by atoms with van der Waals surface area (Å²) in [6.07, 6.45) is 2.72. The molecule has 1 heterocycles. The molecule has 1 amide bonds. The molecule has 1 aliphatic heterocycles. The van der Waals surface area contributed by atoms with E-state index in [9.17, 15) is 4.79 Å². The van der Waals surface area contributed by atoms with Gasteiger partial charge in [0.2, 0.25) is 0 Å². The van der Waals surface area contributed by atoms with Crippen LogP contribution in [0.1, 0.15) is 18.1 Å². The number of aryl methyl sites for hydroxylation is 1. The normalized spacial score (nSPS) is 17.3. The summed E-state index contributed by atoms with van der Waals surface area (Å²) in [4.78, 5) is 17.4. The fourth-order valence-corrected chi connectivity index (χ4v) is 3.26. The smallest absolute Gasteiger partial charge is 0.264 e. The summed E-state index contributed by atoms with van der Waals surface area (Å²) in [5.74, 6) is 0.596. The molecule has 1 fully saturated rings. The Balaban J connectivity index is 1.88. The van der Waals surface area contributed by atoms with Crippen LogP contribution in [-0.2, 0) is 11.2 Å². The summed E-state index contributed by atoms with van der Waals surface area (Å²) in [7, 11) is 1.62. The van der Waals surface area contributed by atoms with Gasteiger partial charge in [-0.15, -0.1) is 0 Å². The van der Waals surface area contributed by atoms with E-state index < -0.39 is 0 Å². The average Bonchev–Trinajstić information content (AvgIpc) is 2.95. The third kappa shape index (κ3) is 3.51. The van der Waals surface area contributed by atoms with Gasteiger partial charge in [0.15, 0.2) is 5.17 Å². The largest absolute Gasteiger partial charge is 0.496 e. The molecule has 0 radical (unpaired) electrons. The first-order chi connectivity index (χ1) is 11.7. The number of methoxy groups -OCH3 is 1. The number of aliphatic imine (C=N–C) groups is 1. The molecule has 24 heavy (non-hydrogen) atoms. The summed E-state index contributed by atoms with van der Waals surface area (Å²) < 4.78 is 5.33. The van der Waals surface area contributed by atoms with Gasteiger partial charge in [-0.2, -0.15) is 0 Å². The number of amidine groups is 1. The molecular formula is C19H18N2O2S. The first kappa shape index (κ1) is 16.3. The SMILES string of the molecule is CCc1ccccc1N=C1NC(=O)/C(=C/c2ccccc2OC)S1. The quantitative estimate of drug-likeness (QED) is 0.852. The standard InChI is InChI=1S/C19H18N2O2S/c1-3-13-8-4-6-10-15(13)20-19-21-18(22)17(24-19)12-14-9-5-7-11-16(14)23-2/h4-12H,3H2,1-2H3,(H,20,21,22)/b17-12-. The highest BCUT2D eigenvalue weighted by Gasteiger charge is 2.24. The Hall–Kier alpha value is -2.53. The number of rotatable bonds is 4. The molecule has 2 aromatic rings. The maximum absolute atomic E-state index is 12.2. The van der Waals surface area contributed by atoms with Gasteiger partial charge in [-0.05, 0) is 42.0 Å². The third-order valence-corrected chi connectivity index (χ3v) is 4.58. The van der Waals surface area contributed by atoms with Crippen LogP contribution in [0.2, 0.25) is 0 Å². The molecule has 5 heteroatoms. The van der Waals surface area contributed by atoms with E-state index in [1.807, 2.05) is 54.6 Å². The minimum absolute atomic E-state index is 0.140. The molecule has 0 bridgehead atoms.